The van der Waals surface area contributed by atoms with Gasteiger partial charge in [0.2, 0.25) is 0 Å². The van der Waals surface area contributed by atoms with Gasteiger partial charge in [-0.15, -0.1) is 0 Å². The molecule has 49 heavy (non-hydrogen) atoms. The van der Waals surface area contributed by atoms with Crippen molar-refractivity contribution in [3.8, 4) is 45.3 Å². The Morgan fingerprint density at radius 3 is 1.90 bits per heavy atom. The van der Waals surface area contributed by atoms with E-state index >= 15 is 0 Å². The maximum Gasteiger partial charge on any atom is 0.170 e. The molecule has 2 aliphatic rings. The lowest BCUT2D eigenvalue weighted by atomic mass is 9.82. The average Bonchev–Trinajstić information content (AvgIpc) is 3.62. The van der Waals surface area contributed by atoms with Gasteiger partial charge in [0.15, 0.2) is 23.0 Å². The molecule has 2 heterocycles. The summed E-state index contributed by atoms with van der Waals surface area (Å²) in [6.45, 7) is 4.65. The summed E-state index contributed by atoms with van der Waals surface area (Å²) in [5.41, 5.74) is 12.3. The zero-order chi connectivity index (χ0) is 32.7. The number of nitrogens with zero attached hydrogens (tertiary/aromatic N) is 1. The van der Waals surface area contributed by atoms with Gasteiger partial charge >= 0.3 is 0 Å². The first-order valence-electron chi connectivity index (χ1n) is 16.7. The number of rotatable bonds is 4. The molecule has 10 rings (SSSR count). The lowest BCUT2D eigenvalue weighted by molar-refractivity contribution is 0.360. The maximum absolute atomic E-state index is 6.36. The van der Waals surface area contributed by atoms with Crippen molar-refractivity contribution in [3.63, 3.8) is 0 Å². The van der Waals surface area contributed by atoms with Crippen LogP contribution >= 0.6 is 0 Å². The van der Waals surface area contributed by atoms with Gasteiger partial charge in [-0.1, -0.05) is 92.7 Å². The molecule has 0 spiro atoms. The van der Waals surface area contributed by atoms with Gasteiger partial charge in [-0.3, -0.25) is 0 Å². The minimum absolute atomic E-state index is 0.112. The van der Waals surface area contributed by atoms with Gasteiger partial charge in [-0.2, -0.15) is 0 Å². The van der Waals surface area contributed by atoms with Crippen molar-refractivity contribution >= 4 is 39.0 Å². The Kier molecular flexibility index (Phi) is 5.89. The molecule has 8 aromatic rings. The molecular weight excluding hydrogens is 602 g/mol. The first-order chi connectivity index (χ1) is 24.0. The van der Waals surface area contributed by atoms with Crippen molar-refractivity contribution in [2.75, 3.05) is 4.90 Å². The molecule has 0 bridgehead atoms. The van der Waals surface area contributed by atoms with Crippen LogP contribution in [0.25, 0.3) is 44.2 Å². The van der Waals surface area contributed by atoms with Crippen LogP contribution in [0.1, 0.15) is 25.0 Å². The Balaban J connectivity index is 1.08. The summed E-state index contributed by atoms with van der Waals surface area (Å²) < 4.78 is 18.7. The van der Waals surface area contributed by atoms with Gasteiger partial charge in [0.1, 0.15) is 11.2 Å². The van der Waals surface area contributed by atoms with Crippen LogP contribution in [-0.2, 0) is 5.41 Å². The molecule has 1 aliphatic heterocycles. The average molecular weight is 634 g/mol. The summed E-state index contributed by atoms with van der Waals surface area (Å²) in [7, 11) is 0. The zero-order valence-electron chi connectivity index (χ0n) is 27.1. The summed E-state index contributed by atoms with van der Waals surface area (Å²) in [5.74, 6) is 2.88. The van der Waals surface area contributed by atoms with Crippen LogP contribution in [0.3, 0.4) is 0 Å². The van der Waals surface area contributed by atoms with Crippen molar-refractivity contribution in [1.82, 2.24) is 0 Å². The van der Waals surface area contributed by atoms with E-state index in [1.807, 2.05) is 48.5 Å². The lowest BCUT2D eigenvalue weighted by Gasteiger charge is -2.28. The van der Waals surface area contributed by atoms with E-state index in [2.05, 4.69) is 122 Å². The quantitative estimate of drug-likeness (QED) is 0.193. The Hall–Kier alpha value is -6.26. The van der Waals surface area contributed by atoms with Crippen LogP contribution < -0.4 is 14.4 Å². The fraction of sp³-hybridized carbons (Fsp3) is 0.0667. The topological polar surface area (TPSA) is 34.8 Å². The standard InChI is InChI=1S/C45H31NO3/c1-45(2)37-11-5-3-9-33(37)34-22-20-31(26-38(34)45)46(32-21-23-36-35-10-4-6-12-39(35)47-43(36)27-32)30-18-15-28(16-19-30)29-17-24-42-44(25-29)49-41-14-8-7-13-40(41)48-42/h3-27H,1-2H3. The number of furan rings is 1. The van der Waals surface area contributed by atoms with Gasteiger partial charge in [0.05, 0.1) is 0 Å². The van der Waals surface area contributed by atoms with E-state index in [1.165, 1.54) is 22.3 Å². The Morgan fingerprint density at radius 1 is 0.429 bits per heavy atom. The SMILES string of the molecule is CC1(C)c2ccccc2-c2ccc(N(c3ccc(-c4ccc5c(c4)Oc4ccccc4O5)cc3)c3ccc4c(c3)oc3ccccc34)cc21. The summed E-state index contributed by atoms with van der Waals surface area (Å²) in [6.07, 6.45) is 0. The second kappa shape index (κ2) is 10.4. The summed E-state index contributed by atoms with van der Waals surface area (Å²) >= 11 is 0. The number of hydrogen-bond donors (Lipinski definition) is 0. The second-order valence-electron chi connectivity index (χ2n) is 13.4. The van der Waals surface area contributed by atoms with E-state index in [0.29, 0.717) is 11.5 Å². The van der Waals surface area contributed by atoms with E-state index < -0.39 is 0 Å². The van der Waals surface area contributed by atoms with Crippen LogP contribution in [0, 0.1) is 0 Å². The van der Waals surface area contributed by atoms with Gasteiger partial charge in [0.25, 0.3) is 0 Å². The highest BCUT2D eigenvalue weighted by Gasteiger charge is 2.35. The van der Waals surface area contributed by atoms with Gasteiger partial charge < -0.3 is 18.8 Å². The first-order valence-corrected chi connectivity index (χ1v) is 16.7. The van der Waals surface area contributed by atoms with E-state index in [4.69, 9.17) is 13.9 Å². The van der Waals surface area contributed by atoms with Gasteiger partial charge in [-0.25, -0.2) is 0 Å². The first kappa shape index (κ1) is 27.8. The molecule has 234 valence electrons. The van der Waals surface area contributed by atoms with Crippen LogP contribution in [0.2, 0.25) is 0 Å². The third kappa shape index (κ3) is 4.31. The third-order valence-electron chi connectivity index (χ3n) is 10.1. The lowest BCUT2D eigenvalue weighted by Crippen LogP contribution is -2.16. The smallest absolute Gasteiger partial charge is 0.170 e. The molecule has 0 fully saturated rings. The molecule has 0 saturated heterocycles. The van der Waals surface area contributed by atoms with Crippen molar-refractivity contribution in [1.29, 1.82) is 0 Å². The molecule has 0 unspecified atom stereocenters. The molecule has 0 atom stereocenters. The van der Waals surface area contributed by atoms with Crippen LogP contribution in [-0.4, -0.2) is 0 Å². The number of ether oxygens (including phenoxy) is 2. The highest BCUT2D eigenvalue weighted by molar-refractivity contribution is 6.06. The predicted molar refractivity (Wildman–Crippen MR) is 198 cm³/mol. The fourth-order valence-electron chi connectivity index (χ4n) is 7.64. The summed E-state index contributed by atoms with van der Waals surface area (Å²) in [4.78, 5) is 2.33. The highest BCUT2D eigenvalue weighted by Crippen LogP contribution is 2.51. The Morgan fingerprint density at radius 2 is 1.04 bits per heavy atom. The number of hydrogen-bond acceptors (Lipinski definition) is 4. The molecule has 1 aromatic heterocycles. The molecule has 0 amide bonds. The third-order valence-corrected chi connectivity index (χ3v) is 10.1. The normalized spacial score (nSPS) is 13.6. The van der Waals surface area contributed by atoms with Crippen LogP contribution in [0.15, 0.2) is 156 Å². The molecule has 0 radical (unpaired) electrons. The maximum atomic E-state index is 6.36. The second-order valence-corrected chi connectivity index (χ2v) is 13.4. The minimum atomic E-state index is -0.112. The fourth-order valence-corrected chi connectivity index (χ4v) is 7.64. The monoisotopic (exact) mass is 633 g/mol. The predicted octanol–water partition coefficient (Wildman–Crippen LogP) is 12.9. The van der Waals surface area contributed by atoms with Crippen LogP contribution in [0.5, 0.6) is 23.0 Å². The Labute approximate surface area is 284 Å². The molecule has 0 N–H and O–H groups in total. The van der Waals surface area contributed by atoms with Crippen molar-refractivity contribution in [3.05, 3.63) is 163 Å². The minimum Gasteiger partial charge on any atom is -0.456 e. The van der Waals surface area contributed by atoms with Crippen LogP contribution in [0.4, 0.5) is 17.1 Å². The molecule has 7 aromatic carbocycles. The van der Waals surface area contributed by atoms with E-state index in [1.54, 1.807) is 0 Å². The number of benzene rings is 7. The van der Waals surface area contributed by atoms with Crippen molar-refractivity contribution in [2.24, 2.45) is 0 Å². The van der Waals surface area contributed by atoms with Crippen molar-refractivity contribution in [2.45, 2.75) is 19.3 Å². The number of fused-ring (bicyclic) bond motifs is 8. The molecule has 1 aliphatic carbocycles. The largest absolute Gasteiger partial charge is 0.456 e. The van der Waals surface area contributed by atoms with Gasteiger partial charge in [-0.05, 0) is 100 Å². The number of para-hydroxylation sites is 3. The molecule has 4 heteroatoms. The van der Waals surface area contributed by atoms with E-state index in [9.17, 15) is 0 Å². The molecule has 0 saturated carbocycles. The van der Waals surface area contributed by atoms with E-state index in [-0.39, 0.29) is 5.41 Å². The molecular formula is C45H31NO3. The summed E-state index contributed by atoms with van der Waals surface area (Å²) in [6, 6.07) is 53.0. The highest BCUT2D eigenvalue weighted by atomic mass is 16.6. The van der Waals surface area contributed by atoms with Gasteiger partial charge in [0, 0.05) is 39.3 Å². The van der Waals surface area contributed by atoms with Crippen molar-refractivity contribution < 1.29 is 13.9 Å². The zero-order valence-corrected chi connectivity index (χ0v) is 27.1. The summed E-state index contributed by atoms with van der Waals surface area (Å²) in [5, 5.41) is 2.24. The Bertz CT molecular complexity index is 2590. The number of anilines is 3. The molecule has 4 nitrogen and oxygen atoms in total. The van der Waals surface area contributed by atoms with E-state index in [0.717, 1.165) is 61.6 Å².